The Labute approximate surface area is 116 Å². The zero-order chi connectivity index (χ0) is 13.7. The first kappa shape index (κ1) is 13.5. The third kappa shape index (κ3) is 3.76. The van der Waals surface area contributed by atoms with Crippen LogP contribution in [-0.2, 0) is 12.4 Å². The molecule has 1 N–H and O–H groups in total. The summed E-state index contributed by atoms with van der Waals surface area (Å²) < 4.78 is 0. The Kier molecular flexibility index (Phi) is 4.47. The molecule has 0 unspecified atom stereocenters. The van der Waals surface area contributed by atoms with Gasteiger partial charge in [0, 0.05) is 17.6 Å². The zero-order valence-corrected chi connectivity index (χ0v) is 11.3. The van der Waals surface area contributed by atoms with Crippen LogP contribution in [0, 0.1) is 6.92 Å². The first-order chi connectivity index (χ1) is 9.19. The summed E-state index contributed by atoms with van der Waals surface area (Å²) >= 11 is 5.74. The summed E-state index contributed by atoms with van der Waals surface area (Å²) in [5.74, 6) is 0.249. The van der Waals surface area contributed by atoms with Crippen molar-refractivity contribution in [1.82, 2.24) is 15.3 Å². The average Bonchev–Trinajstić information content (AvgIpc) is 2.46. The monoisotopic (exact) mass is 275 g/mol. The quantitative estimate of drug-likeness (QED) is 0.872. The third-order valence-electron chi connectivity index (χ3n) is 2.61. The van der Waals surface area contributed by atoms with Gasteiger partial charge in [-0.3, -0.25) is 14.8 Å². The minimum Gasteiger partial charge on any atom is -0.346 e. The van der Waals surface area contributed by atoms with Crippen molar-refractivity contribution in [1.29, 1.82) is 0 Å². The minimum absolute atomic E-state index is 0.144. The van der Waals surface area contributed by atoms with Crippen LogP contribution in [0.2, 0.25) is 0 Å². The second-order valence-corrected chi connectivity index (χ2v) is 4.43. The first-order valence-corrected chi connectivity index (χ1v) is 6.43. The van der Waals surface area contributed by atoms with Gasteiger partial charge in [0.1, 0.15) is 0 Å². The molecule has 0 aliphatic heterocycles. The molecule has 0 bridgehead atoms. The molecular formula is C14H14ClN3O. The third-order valence-corrected chi connectivity index (χ3v) is 2.92. The van der Waals surface area contributed by atoms with Crippen molar-refractivity contribution in [3.8, 4) is 0 Å². The van der Waals surface area contributed by atoms with E-state index >= 15 is 0 Å². The molecule has 4 nitrogen and oxygen atoms in total. The van der Waals surface area contributed by atoms with Crippen LogP contribution in [-0.4, -0.2) is 15.9 Å². The van der Waals surface area contributed by atoms with Gasteiger partial charge in [0.25, 0.3) is 5.91 Å². The number of amides is 1. The van der Waals surface area contributed by atoms with Crippen LogP contribution in [0.15, 0.2) is 36.7 Å². The molecule has 2 rings (SSSR count). The maximum Gasteiger partial charge on any atom is 0.251 e. The van der Waals surface area contributed by atoms with Crippen molar-refractivity contribution >= 4 is 17.5 Å². The van der Waals surface area contributed by atoms with Gasteiger partial charge in [-0.15, -0.1) is 11.6 Å². The van der Waals surface area contributed by atoms with Gasteiger partial charge in [0.05, 0.1) is 24.1 Å². The summed E-state index contributed by atoms with van der Waals surface area (Å²) in [6.07, 6.45) is 3.33. The van der Waals surface area contributed by atoms with Crippen molar-refractivity contribution < 1.29 is 4.79 Å². The van der Waals surface area contributed by atoms with Crippen LogP contribution < -0.4 is 5.32 Å². The van der Waals surface area contributed by atoms with E-state index in [1.165, 1.54) is 0 Å². The van der Waals surface area contributed by atoms with Crippen LogP contribution in [0.4, 0.5) is 0 Å². The number of nitrogens with zero attached hydrogens (tertiary/aromatic N) is 2. The fourth-order valence-corrected chi connectivity index (χ4v) is 1.75. The number of rotatable bonds is 4. The number of halogens is 1. The maximum absolute atomic E-state index is 12.0. The largest absolute Gasteiger partial charge is 0.346 e. The molecule has 2 aromatic rings. The summed E-state index contributed by atoms with van der Waals surface area (Å²) in [6, 6.07) is 7.24. The normalized spacial score (nSPS) is 10.2. The fraction of sp³-hybridized carbons (Fsp3) is 0.214. The standard InChI is InChI=1S/C14H14ClN3O/c1-10-7-17-13(8-16-10)9-18-14(19)12-4-2-3-11(5-12)6-15/h2-5,7-8H,6,9H2,1H3,(H,18,19). The van der Waals surface area contributed by atoms with Crippen molar-refractivity contribution in [3.63, 3.8) is 0 Å². The number of carbonyl (C=O) groups is 1. The van der Waals surface area contributed by atoms with E-state index < -0.39 is 0 Å². The molecule has 1 aromatic carbocycles. The van der Waals surface area contributed by atoms with Crippen LogP contribution in [0.5, 0.6) is 0 Å². The van der Waals surface area contributed by atoms with E-state index in [1.807, 2.05) is 19.1 Å². The molecule has 0 spiro atoms. The molecule has 0 atom stereocenters. The van der Waals surface area contributed by atoms with Gasteiger partial charge in [0.2, 0.25) is 0 Å². The first-order valence-electron chi connectivity index (χ1n) is 5.89. The van der Waals surface area contributed by atoms with Crippen molar-refractivity contribution in [2.45, 2.75) is 19.3 Å². The Bertz CT molecular complexity index is 569. The number of hydrogen-bond donors (Lipinski definition) is 1. The fourth-order valence-electron chi connectivity index (χ4n) is 1.58. The summed E-state index contributed by atoms with van der Waals surface area (Å²) in [4.78, 5) is 20.3. The Hall–Kier alpha value is -1.94. The lowest BCUT2D eigenvalue weighted by molar-refractivity contribution is 0.0950. The number of benzene rings is 1. The average molecular weight is 276 g/mol. The number of aryl methyl sites for hydroxylation is 1. The predicted molar refractivity (Wildman–Crippen MR) is 73.9 cm³/mol. The lowest BCUT2D eigenvalue weighted by atomic mass is 10.1. The van der Waals surface area contributed by atoms with Gasteiger partial charge >= 0.3 is 0 Å². The van der Waals surface area contributed by atoms with Crippen molar-refractivity contribution in [2.75, 3.05) is 0 Å². The van der Waals surface area contributed by atoms with Gasteiger partial charge in [-0.25, -0.2) is 0 Å². The highest BCUT2D eigenvalue weighted by atomic mass is 35.5. The van der Waals surface area contributed by atoms with Crippen LogP contribution in [0.1, 0.15) is 27.3 Å². The molecule has 0 saturated carbocycles. The Morgan fingerprint density at radius 3 is 2.84 bits per heavy atom. The van der Waals surface area contributed by atoms with Gasteiger partial charge in [-0.2, -0.15) is 0 Å². The summed E-state index contributed by atoms with van der Waals surface area (Å²) in [6.45, 7) is 2.23. The molecule has 0 aliphatic carbocycles. The molecular weight excluding hydrogens is 262 g/mol. The number of hydrogen-bond acceptors (Lipinski definition) is 3. The van der Waals surface area contributed by atoms with E-state index in [0.29, 0.717) is 18.0 Å². The highest BCUT2D eigenvalue weighted by Crippen LogP contribution is 2.08. The van der Waals surface area contributed by atoms with E-state index in [2.05, 4.69) is 15.3 Å². The SMILES string of the molecule is Cc1cnc(CNC(=O)c2cccc(CCl)c2)cn1. The van der Waals surface area contributed by atoms with Crippen molar-refractivity contribution in [2.24, 2.45) is 0 Å². The highest BCUT2D eigenvalue weighted by Gasteiger charge is 2.06. The van der Waals surface area contributed by atoms with Crippen LogP contribution >= 0.6 is 11.6 Å². The molecule has 0 saturated heterocycles. The molecule has 0 aliphatic rings. The molecule has 98 valence electrons. The van der Waals surface area contributed by atoms with Gasteiger partial charge in [-0.1, -0.05) is 12.1 Å². The summed E-state index contributed by atoms with van der Waals surface area (Å²) in [7, 11) is 0. The molecule has 1 amide bonds. The van der Waals surface area contributed by atoms with E-state index in [9.17, 15) is 4.79 Å². The highest BCUT2D eigenvalue weighted by molar-refractivity contribution is 6.17. The van der Waals surface area contributed by atoms with Crippen LogP contribution in [0.25, 0.3) is 0 Å². The Morgan fingerprint density at radius 2 is 2.16 bits per heavy atom. The van der Waals surface area contributed by atoms with Gasteiger partial charge < -0.3 is 5.32 Å². The number of nitrogens with one attached hydrogen (secondary N) is 1. The van der Waals surface area contributed by atoms with E-state index in [4.69, 9.17) is 11.6 Å². The molecule has 1 heterocycles. The number of carbonyl (C=O) groups excluding carboxylic acids is 1. The number of alkyl halides is 1. The van der Waals surface area contributed by atoms with Gasteiger partial charge in [-0.05, 0) is 24.6 Å². The van der Waals surface area contributed by atoms with Crippen molar-refractivity contribution in [3.05, 3.63) is 59.2 Å². The second kappa shape index (κ2) is 6.29. The minimum atomic E-state index is -0.144. The van der Waals surface area contributed by atoms with E-state index in [1.54, 1.807) is 24.5 Å². The molecule has 1 aromatic heterocycles. The van der Waals surface area contributed by atoms with E-state index in [0.717, 1.165) is 17.0 Å². The lowest BCUT2D eigenvalue weighted by Crippen LogP contribution is -2.23. The van der Waals surface area contributed by atoms with Gasteiger partial charge in [0.15, 0.2) is 0 Å². The van der Waals surface area contributed by atoms with Crippen LogP contribution in [0.3, 0.4) is 0 Å². The smallest absolute Gasteiger partial charge is 0.251 e. The zero-order valence-electron chi connectivity index (χ0n) is 10.6. The summed E-state index contributed by atoms with van der Waals surface area (Å²) in [5.41, 5.74) is 3.10. The Morgan fingerprint density at radius 1 is 1.32 bits per heavy atom. The molecule has 19 heavy (non-hydrogen) atoms. The summed E-state index contributed by atoms with van der Waals surface area (Å²) in [5, 5.41) is 2.80. The molecule has 5 heteroatoms. The lowest BCUT2D eigenvalue weighted by Gasteiger charge is -2.05. The topological polar surface area (TPSA) is 54.9 Å². The molecule has 0 radical (unpaired) electrons. The maximum atomic E-state index is 12.0. The Balaban J connectivity index is 1.99. The number of aromatic nitrogens is 2. The predicted octanol–water partition coefficient (Wildman–Crippen LogP) is 2.45. The van der Waals surface area contributed by atoms with E-state index in [-0.39, 0.29) is 5.91 Å². The molecule has 0 fully saturated rings. The second-order valence-electron chi connectivity index (χ2n) is 4.17.